The summed E-state index contributed by atoms with van der Waals surface area (Å²) in [6, 6.07) is 0.884. The van der Waals surface area contributed by atoms with E-state index < -0.39 is 11.9 Å². The van der Waals surface area contributed by atoms with Gasteiger partial charge in [-0.1, -0.05) is 11.8 Å². The van der Waals surface area contributed by atoms with Crippen LogP contribution in [-0.2, 0) is 4.79 Å². The maximum atomic E-state index is 11.4. The van der Waals surface area contributed by atoms with Gasteiger partial charge in [0.15, 0.2) is 5.16 Å². The van der Waals surface area contributed by atoms with Gasteiger partial charge in [0.2, 0.25) is 5.91 Å². The van der Waals surface area contributed by atoms with E-state index in [1.807, 2.05) is 0 Å². The first-order valence-corrected chi connectivity index (χ1v) is 6.10. The zero-order chi connectivity index (χ0) is 13.5. The van der Waals surface area contributed by atoms with Crippen molar-refractivity contribution in [3.63, 3.8) is 0 Å². The molecule has 0 fully saturated rings. The molecule has 1 rings (SSSR count). The molecule has 0 atom stereocenters. The number of carbonyl (C=O) groups excluding carboxylic acids is 2. The molecular weight excluding hydrogens is 256 g/mol. The van der Waals surface area contributed by atoms with Crippen molar-refractivity contribution < 1.29 is 9.59 Å². The van der Waals surface area contributed by atoms with Crippen molar-refractivity contribution in [2.24, 2.45) is 0 Å². The maximum absolute atomic E-state index is 11.4. The van der Waals surface area contributed by atoms with Crippen LogP contribution in [0.2, 0.25) is 0 Å². The van der Waals surface area contributed by atoms with Crippen LogP contribution in [0, 0.1) is 0 Å². The van der Waals surface area contributed by atoms with Gasteiger partial charge >= 0.3 is 6.03 Å². The third-order valence-corrected chi connectivity index (χ3v) is 2.52. The highest BCUT2D eigenvalue weighted by atomic mass is 32.2. The zero-order valence-electron chi connectivity index (χ0n) is 9.77. The number of aromatic nitrogens is 2. The molecule has 1 aromatic rings. The van der Waals surface area contributed by atoms with Crippen LogP contribution in [0.5, 0.6) is 0 Å². The molecule has 3 amide bonds. The standard InChI is InChI=1S/C9H14N6O2S/c1-2-12-8(17)15-7(16)4-18-9-13-5(10)3-6(11)14-9/h3H,2,4H2,1H3,(H4,10,11,13,14)(H2,12,15,16,17). The average molecular weight is 270 g/mol. The Balaban J connectivity index is 2.45. The molecule has 98 valence electrons. The summed E-state index contributed by atoms with van der Waals surface area (Å²) < 4.78 is 0. The van der Waals surface area contributed by atoms with E-state index in [1.165, 1.54) is 6.07 Å². The van der Waals surface area contributed by atoms with Gasteiger partial charge in [-0.25, -0.2) is 14.8 Å². The van der Waals surface area contributed by atoms with Crippen molar-refractivity contribution in [3.8, 4) is 0 Å². The Morgan fingerprint density at radius 2 is 1.94 bits per heavy atom. The molecule has 8 nitrogen and oxygen atoms in total. The van der Waals surface area contributed by atoms with E-state index in [4.69, 9.17) is 11.5 Å². The van der Waals surface area contributed by atoms with Gasteiger partial charge in [-0.05, 0) is 6.92 Å². The summed E-state index contributed by atoms with van der Waals surface area (Å²) in [5.74, 6) is 0.0128. The van der Waals surface area contributed by atoms with E-state index in [2.05, 4.69) is 20.6 Å². The lowest BCUT2D eigenvalue weighted by Gasteiger charge is -2.04. The molecule has 0 aliphatic carbocycles. The fraction of sp³-hybridized carbons (Fsp3) is 0.333. The number of carbonyl (C=O) groups is 2. The molecule has 1 aromatic heterocycles. The van der Waals surface area contributed by atoms with Crippen LogP contribution in [0.15, 0.2) is 11.2 Å². The zero-order valence-corrected chi connectivity index (χ0v) is 10.6. The number of nitrogen functional groups attached to an aromatic ring is 2. The second-order valence-electron chi connectivity index (χ2n) is 3.20. The highest BCUT2D eigenvalue weighted by molar-refractivity contribution is 7.99. The molecule has 0 radical (unpaired) electrons. The Labute approximate surface area is 108 Å². The molecule has 0 aliphatic heterocycles. The van der Waals surface area contributed by atoms with Gasteiger partial charge in [0.05, 0.1) is 5.75 Å². The van der Waals surface area contributed by atoms with Gasteiger partial charge in [0.25, 0.3) is 0 Å². The van der Waals surface area contributed by atoms with Gasteiger partial charge < -0.3 is 16.8 Å². The predicted molar refractivity (Wildman–Crippen MR) is 68.8 cm³/mol. The molecule has 18 heavy (non-hydrogen) atoms. The van der Waals surface area contributed by atoms with E-state index in [9.17, 15) is 9.59 Å². The van der Waals surface area contributed by atoms with Crippen LogP contribution in [0.4, 0.5) is 16.4 Å². The monoisotopic (exact) mass is 270 g/mol. The SMILES string of the molecule is CCNC(=O)NC(=O)CSc1nc(N)cc(N)n1. The van der Waals surface area contributed by atoms with Crippen molar-refractivity contribution in [2.75, 3.05) is 23.8 Å². The third-order valence-electron chi connectivity index (χ3n) is 1.67. The molecule has 0 aromatic carbocycles. The lowest BCUT2D eigenvalue weighted by Crippen LogP contribution is -2.40. The number of nitrogens with two attached hydrogens (primary N) is 2. The number of anilines is 2. The summed E-state index contributed by atoms with van der Waals surface area (Å²) >= 11 is 1.04. The number of urea groups is 1. The Morgan fingerprint density at radius 3 is 2.50 bits per heavy atom. The van der Waals surface area contributed by atoms with E-state index in [1.54, 1.807) is 6.92 Å². The molecule has 0 spiro atoms. The maximum Gasteiger partial charge on any atom is 0.321 e. The van der Waals surface area contributed by atoms with Gasteiger partial charge in [-0.2, -0.15) is 0 Å². The number of hydrogen-bond acceptors (Lipinski definition) is 7. The van der Waals surface area contributed by atoms with Gasteiger partial charge in [-0.3, -0.25) is 10.1 Å². The van der Waals surface area contributed by atoms with E-state index >= 15 is 0 Å². The molecule has 6 N–H and O–H groups in total. The number of rotatable bonds is 4. The minimum atomic E-state index is -0.531. The molecule has 0 saturated heterocycles. The topological polar surface area (TPSA) is 136 Å². The summed E-state index contributed by atoms with van der Waals surface area (Å²) in [4.78, 5) is 30.2. The molecule has 0 saturated carbocycles. The first-order chi connectivity index (χ1) is 8.51. The van der Waals surface area contributed by atoms with Crippen molar-refractivity contribution >= 4 is 35.3 Å². The van der Waals surface area contributed by atoms with Gasteiger partial charge in [0, 0.05) is 12.6 Å². The molecule has 0 bridgehead atoms. The Kier molecular flexibility index (Phi) is 5.18. The van der Waals surface area contributed by atoms with Crippen LogP contribution < -0.4 is 22.1 Å². The first-order valence-electron chi connectivity index (χ1n) is 5.11. The van der Waals surface area contributed by atoms with Gasteiger partial charge in [0.1, 0.15) is 11.6 Å². The molecule has 0 unspecified atom stereocenters. The first kappa shape index (κ1) is 14.0. The summed E-state index contributed by atoms with van der Waals surface area (Å²) in [5, 5.41) is 4.88. The van der Waals surface area contributed by atoms with Crippen LogP contribution >= 0.6 is 11.8 Å². The third kappa shape index (κ3) is 4.87. The number of imide groups is 1. The number of thioether (sulfide) groups is 1. The summed E-state index contributed by atoms with van der Waals surface area (Å²) in [5.41, 5.74) is 11.0. The van der Waals surface area contributed by atoms with Crippen LogP contribution in [0.25, 0.3) is 0 Å². The Bertz CT molecular complexity index is 432. The Hall–Kier alpha value is -2.03. The largest absolute Gasteiger partial charge is 0.383 e. The highest BCUT2D eigenvalue weighted by Gasteiger charge is 2.09. The van der Waals surface area contributed by atoms with Crippen LogP contribution in [0.1, 0.15) is 6.92 Å². The van der Waals surface area contributed by atoms with Gasteiger partial charge in [-0.15, -0.1) is 0 Å². The van der Waals surface area contributed by atoms with E-state index in [0.717, 1.165) is 11.8 Å². The fourth-order valence-corrected chi connectivity index (χ4v) is 1.70. The molecular formula is C9H14N6O2S. The lowest BCUT2D eigenvalue weighted by molar-refractivity contribution is -0.117. The second kappa shape index (κ2) is 6.64. The predicted octanol–water partition coefficient (Wildman–Crippen LogP) is -0.421. The smallest absolute Gasteiger partial charge is 0.321 e. The minimum absolute atomic E-state index is 0.0000274. The van der Waals surface area contributed by atoms with Crippen molar-refractivity contribution in [1.29, 1.82) is 0 Å². The normalized spacial score (nSPS) is 9.83. The van der Waals surface area contributed by atoms with Crippen LogP contribution in [-0.4, -0.2) is 34.2 Å². The van der Waals surface area contributed by atoms with E-state index in [-0.39, 0.29) is 17.4 Å². The minimum Gasteiger partial charge on any atom is -0.383 e. The Morgan fingerprint density at radius 1 is 1.33 bits per heavy atom. The fourth-order valence-electron chi connectivity index (χ4n) is 1.02. The molecule has 0 aliphatic rings. The molecule has 1 heterocycles. The van der Waals surface area contributed by atoms with Crippen molar-refractivity contribution in [1.82, 2.24) is 20.6 Å². The number of nitrogens with one attached hydrogen (secondary N) is 2. The van der Waals surface area contributed by atoms with E-state index in [0.29, 0.717) is 11.7 Å². The van der Waals surface area contributed by atoms with Crippen LogP contribution in [0.3, 0.4) is 0 Å². The lowest BCUT2D eigenvalue weighted by atomic mass is 10.5. The quantitative estimate of drug-likeness (QED) is 0.431. The summed E-state index contributed by atoms with van der Waals surface area (Å²) in [7, 11) is 0. The van der Waals surface area contributed by atoms with Crippen molar-refractivity contribution in [2.45, 2.75) is 12.1 Å². The summed E-state index contributed by atoms with van der Waals surface area (Å²) in [6.07, 6.45) is 0. The van der Waals surface area contributed by atoms with Crippen molar-refractivity contribution in [3.05, 3.63) is 6.07 Å². The number of hydrogen-bond donors (Lipinski definition) is 4. The second-order valence-corrected chi connectivity index (χ2v) is 4.14. The number of amides is 3. The molecule has 9 heteroatoms. The number of nitrogens with zero attached hydrogens (tertiary/aromatic N) is 2. The highest BCUT2D eigenvalue weighted by Crippen LogP contribution is 2.15. The summed E-state index contributed by atoms with van der Waals surface area (Å²) in [6.45, 7) is 2.20. The average Bonchev–Trinajstić information content (AvgIpc) is 2.25.